The van der Waals surface area contributed by atoms with Gasteiger partial charge in [-0.05, 0) is 13.3 Å². The van der Waals surface area contributed by atoms with E-state index >= 15 is 0 Å². The summed E-state index contributed by atoms with van der Waals surface area (Å²) in [7, 11) is 3.45. The van der Waals surface area contributed by atoms with Crippen LogP contribution in [0.3, 0.4) is 0 Å². The highest BCUT2D eigenvalue weighted by atomic mass is 16.5. The quantitative estimate of drug-likeness (QED) is 0.427. The van der Waals surface area contributed by atoms with Gasteiger partial charge in [-0.15, -0.1) is 0 Å². The summed E-state index contributed by atoms with van der Waals surface area (Å²) in [6, 6.07) is 0. The second kappa shape index (κ2) is 9.75. The number of guanidine groups is 1. The van der Waals surface area contributed by atoms with Crippen molar-refractivity contribution in [1.82, 2.24) is 20.7 Å². The minimum Gasteiger partial charge on any atom is -0.361 e. The van der Waals surface area contributed by atoms with E-state index in [0.717, 1.165) is 35.4 Å². The molecule has 1 heterocycles. The fraction of sp³-hybridized carbons (Fsp3) is 0.588. The van der Waals surface area contributed by atoms with E-state index in [2.05, 4.69) is 27.4 Å². The highest BCUT2D eigenvalue weighted by Crippen LogP contribution is 2.16. The zero-order chi connectivity index (χ0) is 18.1. The third-order valence-corrected chi connectivity index (χ3v) is 3.47. The smallest absolute Gasteiger partial charge is 0.241 e. The highest BCUT2D eigenvalue weighted by molar-refractivity contribution is 5.86. The van der Waals surface area contributed by atoms with Crippen LogP contribution in [-0.4, -0.2) is 49.1 Å². The van der Waals surface area contributed by atoms with Crippen LogP contribution in [0, 0.1) is 0 Å². The van der Waals surface area contributed by atoms with Gasteiger partial charge in [0.2, 0.25) is 5.91 Å². The lowest BCUT2D eigenvalue weighted by Gasteiger charge is -2.15. The largest absolute Gasteiger partial charge is 0.361 e. The molecule has 0 aliphatic rings. The molecule has 0 radical (unpaired) electrons. The van der Waals surface area contributed by atoms with E-state index in [4.69, 9.17) is 4.52 Å². The number of hydrogen-bond donors (Lipinski definition) is 2. The minimum absolute atomic E-state index is 0.0201. The molecule has 7 nitrogen and oxygen atoms in total. The number of carbonyl (C=O) groups is 1. The van der Waals surface area contributed by atoms with Crippen LogP contribution >= 0.6 is 0 Å². The Kier molecular flexibility index (Phi) is 8.01. The van der Waals surface area contributed by atoms with Crippen LogP contribution in [-0.2, 0) is 24.2 Å². The summed E-state index contributed by atoms with van der Waals surface area (Å²) >= 11 is 0. The molecule has 0 aliphatic carbocycles. The zero-order valence-electron chi connectivity index (χ0n) is 15.4. The average molecular weight is 335 g/mol. The number of amides is 1. The zero-order valence-corrected chi connectivity index (χ0v) is 15.4. The van der Waals surface area contributed by atoms with Crippen LogP contribution in [0.5, 0.6) is 0 Å². The number of nitrogens with zero attached hydrogens (tertiary/aromatic N) is 3. The normalized spacial score (nSPS) is 11.3. The van der Waals surface area contributed by atoms with Crippen molar-refractivity contribution in [1.29, 1.82) is 0 Å². The van der Waals surface area contributed by atoms with Crippen LogP contribution in [0.1, 0.15) is 37.8 Å². The summed E-state index contributed by atoms with van der Waals surface area (Å²) in [5, 5.41) is 10.3. The molecule has 0 saturated heterocycles. The second-order valence-electron chi connectivity index (χ2n) is 5.86. The van der Waals surface area contributed by atoms with Crippen molar-refractivity contribution in [2.75, 3.05) is 27.2 Å². The van der Waals surface area contributed by atoms with E-state index in [-0.39, 0.29) is 12.5 Å². The van der Waals surface area contributed by atoms with Gasteiger partial charge in [0.25, 0.3) is 0 Å². The summed E-state index contributed by atoms with van der Waals surface area (Å²) in [6.45, 7) is 11.1. The molecule has 1 amide bonds. The van der Waals surface area contributed by atoms with E-state index in [1.54, 1.807) is 14.1 Å². The lowest BCUT2D eigenvalue weighted by atomic mass is 10.1. The van der Waals surface area contributed by atoms with E-state index in [0.29, 0.717) is 19.0 Å². The third kappa shape index (κ3) is 6.06. The molecule has 0 bridgehead atoms. The summed E-state index contributed by atoms with van der Waals surface area (Å²) in [5.74, 6) is 1.41. The van der Waals surface area contributed by atoms with Gasteiger partial charge in [0, 0.05) is 32.6 Å². The molecule has 134 valence electrons. The van der Waals surface area contributed by atoms with Crippen molar-refractivity contribution in [3.05, 3.63) is 29.2 Å². The van der Waals surface area contributed by atoms with Gasteiger partial charge in [-0.3, -0.25) is 4.79 Å². The topological polar surface area (TPSA) is 82.8 Å². The van der Waals surface area contributed by atoms with E-state index < -0.39 is 0 Å². The number of aromatic nitrogens is 1. The van der Waals surface area contributed by atoms with Crippen LogP contribution < -0.4 is 10.6 Å². The Bertz CT molecular complexity index is 568. The Balaban J connectivity index is 2.84. The standard InChI is InChI=1S/C17H29N5O2/c1-7-14-13(15(8-2)24-21-14)10-19-17(18-9-12(3)4)20-11-16(23)22(5)6/h3,7-11H2,1-2,4-6H3,(H2,18,19,20). The Morgan fingerprint density at radius 2 is 1.92 bits per heavy atom. The van der Waals surface area contributed by atoms with Gasteiger partial charge in [0.05, 0.1) is 18.8 Å². The minimum atomic E-state index is -0.0201. The summed E-state index contributed by atoms with van der Waals surface area (Å²) in [5.41, 5.74) is 2.94. The van der Waals surface area contributed by atoms with Crippen molar-refractivity contribution in [3.8, 4) is 0 Å². The molecular weight excluding hydrogens is 306 g/mol. The number of rotatable bonds is 8. The van der Waals surface area contributed by atoms with Crippen molar-refractivity contribution in [2.24, 2.45) is 4.99 Å². The molecule has 0 aliphatic heterocycles. The first-order valence-corrected chi connectivity index (χ1v) is 8.21. The van der Waals surface area contributed by atoms with Gasteiger partial charge < -0.3 is 20.1 Å². The predicted molar refractivity (Wildman–Crippen MR) is 95.9 cm³/mol. The van der Waals surface area contributed by atoms with E-state index in [9.17, 15) is 4.79 Å². The van der Waals surface area contributed by atoms with Crippen LogP contribution in [0.2, 0.25) is 0 Å². The number of aliphatic imine (C=N–C) groups is 1. The van der Waals surface area contributed by atoms with Gasteiger partial charge in [-0.2, -0.15) is 0 Å². The van der Waals surface area contributed by atoms with Gasteiger partial charge in [-0.25, -0.2) is 4.99 Å². The van der Waals surface area contributed by atoms with Gasteiger partial charge in [-0.1, -0.05) is 31.2 Å². The maximum atomic E-state index is 11.8. The van der Waals surface area contributed by atoms with Crippen molar-refractivity contribution >= 4 is 11.9 Å². The maximum absolute atomic E-state index is 11.8. The molecule has 1 aromatic heterocycles. The summed E-state index contributed by atoms with van der Waals surface area (Å²) in [4.78, 5) is 17.9. The Labute approximate surface area is 144 Å². The molecule has 2 N–H and O–H groups in total. The Morgan fingerprint density at radius 1 is 1.25 bits per heavy atom. The third-order valence-electron chi connectivity index (χ3n) is 3.47. The summed E-state index contributed by atoms with van der Waals surface area (Å²) < 4.78 is 5.36. The number of aryl methyl sites for hydroxylation is 2. The lowest BCUT2D eigenvalue weighted by Crippen LogP contribution is -2.43. The first-order chi connectivity index (χ1) is 11.4. The van der Waals surface area contributed by atoms with Crippen molar-refractivity contribution in [2.45, 2.75) is 40.2 Å². The Morgan fingerprint density at radius 3 is 2.46 bits per heavy atom. The highest BCUT2D eigenvalue weighted by Gasteiger charge is 2.13. The molecule has 0 spiro atoms. The molecule has 0 atom stereocenters. The number of nitrogens with one attached hydrogen (secondary N) is 2. The monoisotopic (exact) mass is 335 g/mol. The number of hydrogen-bond acceptors (Lipinski definition) is 4. The van der Waals surface area contributed by atoms with Crippen LogP contribution in [0.25, 0.3) is 0 Å². The molecule has 0 fully saturated rings. The first-order valence-electron chi connectivity index (χ1n) is 8.21. The fourth-order valence-electron chi connectivity index (χ4n) is 2.00. The van der Waals surface area contributed by atoms with E-state index in [1.807, 2.05) is 20.8 Å². The lowest BCUT2D eigenvalue weighted by molar-refractivity contribution is -0.127. The SMILES string of the molecule is C=C(C)CNC(=NCc1c(CC)noc1CC)NCC(=O)N(C)C. The van der Waals surface area contributed by atoms with Crippen molar-refractivity contribution < 1.29 is 9.32 Å². The number of carbonyl (C=O) groups excluding carboxylic acids is 1. The average Bonchev–Trinajstić information content (AvgIpc) is 2.95. The molecule has 0 saturated carbocycles. The maximum Gasteiger partial charge on any atom is 0.241 e. The molecule has 0 unspecified atom stereocenters. The van der Waals surface area contributed by atoms with Gasteiger partial charge >= 0.3 is 0 Å². The van der Waals surface area contributed by atoms with E-state index in [1.165, 1.54) is 4.90 Å². The van der Waals surface area contributed by atoms with Crippen LogP contribution in [0.15, 0.2) is 21.7 Å². The molecule has 1 aromatic rings. The summed E-state index contributed by atoms with van der Waals surface area (Å²) in [6.07, 6.45) is 1.58. The molecule has 1 rings (SSSR count). The second-order valence-corrected chi connectivity index (χ2v) is 5.86. The fourth-order valence-corrected chi connectivity index (χ4v) is 2.00. The van der Waals surface area contributed by atoms with Crippen molar-refractivity contribution in [3.63, 3.8) is 0 Å². The van der Waals surface area contributed by atoms with Gasteiger partial charge in [0.1, 0.15) is 5.76 Å². The predicted octanol–water partition coefficient (Wildman–Crippen LogP) is 1.50. The molecule has 0 aromatic carbocycles. The van der Waals surface area contributed by atoms with Gasteiger partial charge in [0.15, 0.2) is 5.96 Å². The Hall–Kier alpha value is -2.31. The first kappa shape index (κ1) is 19.7. The molecular formula is C17H29N5O2. The van der Waals surface area contributed by atoms with Crippen LogP contribution in [0.4, 0.5) is 0 Å². The molecule has 7 heteroatoms. The molecule has 24 heavy (non-hydrogen) atoms. The number of likely N-dealkylation sites (N-methyl/N-ethyl adjacent to an activating group) is 1.